The Morgan fingerprint density at radius 2 is 0.435 bits per heavy atom. The van der Waals surface area contributed by atoms with Crippen molar-refractivity contribution in [1.82, 2.24) is 0 Å². The van der Waals surface area contributed by atoms with Gasteiger partial charge in [-0.05, 0) is 167 Å². The number of unbranched alkanes of at least 4 members (excludes halogenated alkanes) is 25. The quantitative estimate of drug-likeness (QED) is 0.0146. The molecule has 0 bridgehead atoms. The Balaban J connectivity index is 4.62. The molecule has 0 aliphatic heterocycles. The number of allylic oxidation sites excluding steroid dienone is 34. The van der Waals surface area contributed by atoms with Gasteiger partial charge < -0.3 is 34.2 Å². The van der Waals surface area contributed by atoms with Gasteiger partial charge in [0.2, 0.25) is 0 Å². The molecule has 0 aliphatic carbocycles. The molecule has 0 aliphatic rings. The minimum absolute atomic E-state index is 0.0378. The molecule has 0 heterocycles. The minimum Gasteiger partial charge on any atom is -0.463 e. The van der Waals surface area contributed by atoms with Crippen molar-refractivity contribution >= 4 is 33.6 Å². The fourth-order valence-electron chi connectivity index (χ4n) is 11.4. The summed E-state index contributed by atoms with van der Waals surface area (Å²) in [4.78, 5) is 58.9. The van der Waals surface area contributed by atoms with Crippen LogP contribution in [0.5, 0.6) is 0 Å². The zero-order valence-corrected chi connectivity index (χ0v) is 73.4. The van der Waals surface area contributed by atoms with Crippen molar-refractivity contribution in [2.45, 2.75) is 347 Å². The third-order valence-corrected chi connectivity index (χ3v) is 19.9. The Bertz CT molecular complexity index is 2920. The number of carbonyl (C=O) groups excluding carboxylic acids is 3. The summed E-state index contributed by atoms with van der Waals surface area (Å²) >= 11 is 0. The lowest BCUT2D eigenvalue weighted by atomic mass is 10.0. The number of phosphoric ester groups is 2. The summed E-state index contributed by atoms with van der Waals surface area (Å²) in [5.74, 6) is -1.65. The van der Waals surface area contributed by atoms with Crippen molar-refractivity contribution in [3.63, 3.8) is 0 Å². The van der Waals surface area contributed by atoms with Gasteiger partial charge in [0, 0.05) is 19.3 Å². The van der Waals surface area contributed by atoms with Crippen LogP contribution < -0.4 is 0 Å². The van der Waals surface area contributed by atoms with E-state index in [0.717, 1.165) is 173 Å². The van der Waals surface area contributed by atoms with Crippen LogP contribution >= 0.6 is 15.6 Å². The summed E-state index contributed by atoms with van der Waals surface area (Å²) < 4.78 is 61.3. The van der Waals surface area contributed by atoms with Gasteiger partial charge in [-0.3, -0.25) is 32.5 Å². The van der Waals surface area contributed by atoms with E-state index < -0.39 is 91.5 Å². The first kappa shape index (κ1) is 109. The van der Waals surface area contributed by atoms with Crippen molar-refractivity contribution in [2.75, 3.05) is 39.6 Å². The molecule has 652 valence electrons. The minimum atomic E-state index is -4.96. The molecule has 0 saturated carbocycles. The largest absolute Gasteiger partial charge is 0.472 e. The Morgan fingerprint density at radius 1 is 0.243 bits per heavy atom. The molecule has 0 rings (SSSR count). The van der Waals surface area contributed by atoms with Crippen LogP contribution in [0.25, 0.3) is 0 Å². The van der Waals surface area contributed by atoms with Gasteiger partial charge in [-0.1, -0.05) is 349 Å². The Labute approximate surface area is 699 Å². The first-order valence-corrected chi connectivity index (χ1v) is 47.4. The first-order valence-electron chi connectivity index (χ1n) is 44.4. The van der Waals surface area contributed by atoms with Crippen molar-refractivity contribution in [3.8, 4) is 0 Å². The van der Waals surface area contributed by atoms with Crippen molar-refractivity contribution < 1.29 is 75.8 Å². The van der Waals surface area contributed by atoms with E-state index in [0.29, 0.717) is 25.7 Å². The number of phosphoric acid groups is 2. The fourth-order valence-corrected chi connectivity index (χ4v) is 13.0. The van der Waals surface area contributed by atoms with Gasteiger partial charge in [0.25, 0.3) is 0 Å². The molecule has 115 heavy (non-hydrogen) atoms. The van der Waals surface area contributed by atoms with Crippen LogP contribution in [0, 0.1) is 0 Å². The normalized spacial score (nSPS) is 14.8. The average molecular weight is 1640 g/mol. The lowest BCUT2D eigenvalue weighted by Crippen LogP contribution is -2.30. The summed E-state index contributed by atoms with van der Waals surface area (Å²) in [6.07, 6.45) is 117. The number of carbonyl (C=O) groups is 3. The van der Waals surface area contributed by atoms with Crippen LogP contribution in [0.15, 0.2) is 207 Å². The van der Waals surface area contributed by atoms with Crippen LogP contribution in [0.4, 0.5) is 0 Å². The van der Waals surface area contributed by atoms with Gasteiger partial charge in [0.1, 0.15) is 25.4 Å². The van der Waals surface area contributed by atoms with Gasteiger partial charge in [-0.25, -0.2) is 9.13 Å². The molecule has 0 spiro atoms. The third-order valence-electron chi connectivity index (χ3n) is 18.0. The van der Waals surface area contributed by atoms with E-state index in [1.807, 2.05) is 0 Å². The third kappa shape index (κ3) is 88.8. The van der Waals surface area contributed by atoms with Crippen LogP contribution in [0.2, 0.25) is 0 Å². The predicted octanol–water partition coefficient (Wildman–Crippen LogP) is 27.2. The monoisotopic (exact) mass is 1640 g/mol. The number of ether oxygens (including phenoxy) is 3. The summed E-state index contributed by atoms with van der Waals surface area (Å²) in [6.45, 7) is 2.27. The maximum Gasteiger partial charge on any atom is 0.472 e. The molecule has 5 unspecified atom stereocenters. The van der Waals surface area contributed by atoms with Gasteiger partial charge in [-0.15, -0.1) is 0 Å². The SMILES string of the molecule is CC/C=C\C/C=C\C/C=C\C/C=C\C/C=C\C/C=C\CCCCCCCCC(=O)OCC(COP(=O)(O)OCC(O)COP(=O)(O)OCC(O)COC(=O)CCCCCCCCCCCCCCCCCCC/C=C\C/C=C\C/C=C\C/C=C\C/C=C\CC)OC(=O)CCCC/C=C\C/C=C\C/C=C\C/C=C\C/C=C\C/C=C\CC. The van der Waals surface area contributed by atoms with Crippen molar-refractivity contribution in [3.05, 3.63) is 207 Å². The second-order valence-electron chi connectivity index (χ2n) is 28.9. The van der Waals surface area contributed by atoms with E-state index in [9.17, 15) is 43.5 Å². The summed E-state index contributed by atoms with van der Waals surface area (Å²) in [7, 11) is -9.84. The maximum atomic E-state index is 13.0. The molecule has 4 N–H and O–H groups in total. The Hall–Kier alpha value is -5.87. The van der Waals surface area contributed by atoms with Crippen LogP contribution in [-0.4, -0.2) is 95.9 Å². The summed E-state index contributed by atoms with van der Waals surface area (Å²) in [6, 6.07) is 0. The molecule has 0 saturated heterocycles. The molecule has 16 nitrogen and oxygen atoms in total. The topological polar surface area (TPSA) is 231 Å². The smallest absolute Gasteiger partial charge is 0.463 e. The summed E-state index contributed by atoms with van der Waals surface area (Å²) in [5.41, 5.74) is 0. The van der Waals surface area contributed by atoms with Crippen LogP contribution in [0.3, 0.4) is 0 Å². The standard InChI is InChI=1S/C97H158O16P2/c1-4-7-10-13-16-19-22-25-28-31-34-37-39-41-42-43-44-45-46-47-48-50-52-54-56-59-62-65-68-71-74-77-80-83-95(100)107-86-92(98)87-109-114(103,104)110-88-93(99)89-111-115(105,106)112-91-94(113-97(102)85-82-79-76-73-70-67-64-61-58-53-36-33-30-27-24-21-18-15-12-9-6-3)90-108-96(101)84-81-78-75-72-69-66-63-60-57-55-51-49-40-38-35-32-29-26-23-20-17-14-11-8-5-2/h7-12,16-21,25-30,34-38,41-42,49,51,53,57,60-61,64,70,73,92-94,98-99H,4-6,13-15,22-24,31-33,39-40,43-48,50,52,54-56,58-59,62-63,65-69,71-72,74-91H2,1-3H3,(H,103,104)(H,105,106)/b10-7-,11-8-,12-9-,19-16-,20-17-,21-18-,28-25-,29-26-,30-27-,37-34-,38-35-,42-41-,51-49-,53-36-,60-57-,64-61-,73-70-. The molecule has 0 aromatic heterocycles. The van der Waals surface area contributed by atoms with Gasteiger partial charge >= 0.3 is 33.6 Å². The number of rotatable bonds is 82. The lowest BCUT2D eigenvalue weighted by Gasteiger charge is -2.21. The Morgan fingerprint density at radius 3 is 0.704 bits per heavy atom. The second kappa shape index (κ2) is 87.4. The molecule has 0 aromatic carbocycles. The zero-order valence-electron chi connectivity index (χ0n) is 71.6. The van der Waals surface area contributed by atoms with Crippen LogP contribution in [-0.2, 0) is 55.8 Å². The van der Waals surface area contributed by atoms with E-state index >= 15 is 0 Å². The highest BCUT2D eigenvalue weighted by atomic mass is 31.2. The average Bonchev–Trinajstić information content (AvgIpc) is 0.925. The molecule has 0 amide bonds. The van der Waals surface area contributed by atoms with Gasteiger partial charge in [0.15, 0.2) is 6.10 Å². The van der Waals surface area contributed by atoms with E-state index in [4.69, 9.17) is 32.3 Å². The number of aliphatic hydroxyl groups is 2. The van der Waals surface area contributed by atoms with E-state index in [1.165, 1.54) is 89.9 Å². The zero-order chi connectivity index (χ0) is 83.6. The number of aliphatic hydroxyl groups excluding tert-OH is 2. The second-order valence-corrected chi connectivity index (χ2v) is 31.8. The van der Waals surface area contributed by atoms with E-state index in [-0.39, 0.29) is 19.3 Å². The molecule has 18 heteroatoms. The Kier molecular flexibility index (Phi) is 83.0. The summed E-state index contributed by atoms with van der Waals surface area (Å²) in [5, 5.41) is 20.7. The highest BCUT2D eigenvalue weighted by Crippen LogP contribution is 2.45. The molecule has 0 radical (unpaired) electrons. The highest BCUT2D eigenvalue weighted by Gasteiger charge is 2.29. The van der Waals surface area contributed by atoms with E-state index in [2.05, 4.69) is 227 Å². The van der Waals surface area contributed by atoms with Crippen molar-refractivity contribution in [2.24, 2.45) is 0 Å². The molecule has 5 atom stereocenters. The molecule has 0 aromatic rings. The van der Waals surface area contributed by atoms with E-state index in [1.54, 1.807) is 0 Å². The lowest BCUT2D eigenvalue weighted by molar-refractivity contribution is -0.161. The maximum absolute atomic E-state index is 13.0. The van der Waals surface area contributed by atoms with Crippen LogP contribution in [0.1, 0.15) is 329 Å². The molecular weight excluding hydrogens is 1480 g/mol. The number of hydrogen-bond donors (Lipinski definition) is 4. The molecular formula is C97H158O16P2. The van der Waals surface area contributed by atoms with Gasteiger partial charge in [-0.2, -0.15) is 0 Å². The highest BCUT2D eigenvalue weighted by molar-refractivity contribution is 7.47. The van der Waals surface area contributed by atoms with Crippen molar-refractivity contribution in [1.29, 1.82) is 0 Å². The molecule has 0 fully saturated rings. The number of esters is 3. The van der Waals surface area contributed by atoms with Gasteiger partial charge in [0.05, 0.1) is 26.4 Å². The fraction of sp³-hybridized carbons (Fsp3) is 0.619. The first-order chi connectivity index (χ1) is 56.2. The predicted molar refractivity (Wildman–Crippen MR) is 481 cm³/mol. The number of hydrogen-bond acceptors (Lipinski definition) is 14.